The van der Waals surface area contributed by atoms with Crippen LogP contribution in [0.5, 0.6) is 0 Å². The number of hydrogen-bond acceptors (Lipinski definition) is 5. The number of nitrogens with one attached hydrogen (secondary N) is 1. The van der Waals surface area contributed by atoms with E-state index in [1.54, 1.807) is 0 Å². The molecule has 1 aromatic rings. The second-order valence-corrected chi connectivity index (χ2v) is 7.18. The van der Waals surface area contributed by atoms with Gasteiger partial charge in [0.05, 0.1) is 0 Å². The van der Waals surface area contributed by atoms with Crippen molar-refractivity contribution in [2.45, 2.75) is 45.1 Å². The molecule has 2 heterocycles. The molecule has 1 aliphatic heterocycles. The van der Waals surface area contributed by atoms with E-state index >= 15 is 0 Å². The van der Waals surface area contributed by atoms with Crippen molar-refractivity contribution in [2.24, 2.45) is 0 Å². The quantitative estimate of drug-likeness (QED) is 0.883. The van der Waals surface area contributed by atoms with Crippen molar-refractivity contribution >= 4 is 28.4 Å². The molecule has 0 unspecified atom stereocenters. The minimum Gasteiger partial charge on any atom is -0.357 e. The molecule has 3 nitrogen and oxygen atoms in total. The van der Waals surface area contributed by atoms with E-state index in [1.165, 1.54) is 35.9 Å². The minimum atomic E-state index is 0.0544. The van der Waals surface area contributed by atoms with Crippen molar-refractivity contribution in [1.82, 2.24) is 9.36 Å². The van der Waals surface area contributed by atoms with Gasteiger partial charge in [0, 0.05) is 23.0 Å². The molecule has 0 bridgehead atoms. The first kappa shape index (κ1) is 12.2. The van der Waals surface area contributed by atoms with Crippen molar-refractivity contribution < 1.29 is 0 Å². The molecule has 0 aromatic carbocycles. The van der Waals surface area contributed by atoms with Gasteiger partial charge in [-0.25, -0.2) is 4.98 Å². The highest BCUT2D eigenvalue weighted by molar-refractivity contribution is 7.99. The lowest BCUT2D eigenvalue weighted by Gasteiger charge is -2.21. The summed E-state index contributed by atoms with van der Waals surface area (Å²) in [6.07, 6.45) is 2.49. The van der Waals surface area contributed by atoms with Gasteiger partial charge in [0.1, 0.15) is 5.82 Å². The Morgan fingerprint density at radius 1 is 1.25 bits per heavy atom. The van der Waals surface area contributed by atoms with E-state index in [1.807, 2.05) is 11.8 Å². The van der Waals surface area contributed by atoms with Gasteiger partial charge >= 0.3 is 0 Å². The Balaban J connectivity index is 1.97. The van der Waals surface area contributed by atoms with Crippen LogP contribution in [0, 0.1) is 0 Å². The molecule has 1 N–H and O–H groups in total. The molecule has 0 amide bonds. The predicted molar refractivity (Wildman–Crippen MR) is 72.6 cm³/mol. The first-order valence-corrected chi connectivity index (χ1v) is 7.67. The first-order valence-electron chi connectivity index (χ1n) is 5.74. The number of nitrogens with zero attached hydrogens (tertiary/aromatic N) is 2. The number of anilines is 1. The normalized spacial score (nSPS) is 18.7. The molecule has 0 aliphatic carbocycles. The first-order chi connectivity index (χ1) is 7.55. The Kier molecular flexibility index (Phi) is 3.74. The average molecular weight is 257 g/mol. The summed E-state index contributed by atoms with van der Waals surface area (Å²) in [5.41, 5.74) is 0.0544. The summed E-state index contributed by atoms with van der Waals surface area (Å²) in [6, 6.07) is 0.599. The van der Waals surface area contributed by atoms with Gasteiger partial charge in [-0.05, 0) is 24.3 Å². The third-order valence-corrected chi connectivity index (χ3v) is 4.34. The standard InChI is InChI=1S/C11H19N3S2/c1-11(2,3)9-13-10(16-14-9)12-8-4-6-15-7-5-8/h8H,4-7H2,1-3H3,(H,12,13,14). The molecule has 0 saturated carbocycles. The monoisotopic (exact) mass is 257 g/mol. The second kappa shape index (κ2) is 4.92. The predicted octanol–water partition coefficient (Wildman–Crippen LogP) is 3.14. The topological polar surface area (TPSA) is 37.8 Å². The van der Waals surface area contributed by atoms with Gasteiger partial charge in [0.15, 0.2) is 0 Å². The van der Waals surface area contributed by atoms with E-state index in [-0.39, 0.29) is 5.41 Å². The highest BCUT2D eigenvalue weighted by Crippen LogP contribution is 2.25. The fraction of sp³-hybridized carbons (Fsp3) is 0.818. The average Bonchev–Trinajstić information content (AvgIpc) is 2.67. The van der Waals surface area contributed by atoms with E-state index in [9.17, 15) is 0 Å². The van der Waals surface area contributed by atoms with Crippen LogP contribution in [-0.4, -0.2) is 26.9 Å². The van der Waals surface area contributed by atoms with E-state index in [2.05, 4.69) is 35.4 Å². The highest BCUT2D eigenvalue weighted by Gasteiger charge is 2.21. The molecule has 16 heavy (non-hydrogen) atoms. The Labute approximate surface area is 106 Å². The van der Waals surface area contributed by atoms with Gasteiger partial charge in [-0.1, -0.05) is 20.8 Å². The number of thioether (sulfide) groups is 1. The zero-order chi connectivity index (χ0) is 11.6. The van der Waals surface area contributed by atoms with Crippen molar-refractivity contribution in [1.29, 1.82) is 0 Å². The van der Waals surface area contributed by atoms with E-state index in [0.717, 1.165) is 11.0 Å². The van der Waals surface area contributed by atoms with Crippen molar-refractivity contribution in [3.05, 3.63) is 5.82 Å². The zero-order valence-corrected chi connectivity index (χ0v) is 11.7. The fourth-order valence-corrected chi connectivity index (χ4v) is 3.54. The summed E-state index contributed by atoms with van der Waals surface area (Å²) < 4.78 is 4.42. The SMILES string of the molecule is CC(C)(C)c1nsc(NC2CCSCC2)n1. The molecular formula is C11H19N3S2. The van der Waals surface area contributed by atoms with Gasteiger partial charge < -0.3 is 5.32 Å². The van der Waals surface area contributed by atoms with Crippen molar-refractivity contribution in [3.63, 3.8) is 0 Å². The molecule has 0 radical (unpaired) electrons. The molecule has 5 heteroatoms. The van der Waals surface area contributed by atoms with Gasteiger partial charge in [0.2, 0.25) is 5.13 Å². The molecule has 2 rings (SSSR count). The summed E-state index contributed by atoms with van der Waals surface area (Å²) in [6.45, 7) is 6.45. The van der Waals surface area contributed by atoms with Crippen LogP contribution in [0.25, 0.3) is 0 Å². The largest absolute Gasteiger partial charge is 0.357 e. The Morgan fingerprint density at radius 3 is 2.50 bits per heavy atom. The number of aromatic nitrogens is 2. The lowest BCUT2D eigenvalue weighted by atomic mass is 9.96. The van der Waals surface area contributed by atoms with E-state index in [4.69, 9.17) is 0 Å². The van der Waals surface area contributed by atoms with Gasteiger partial charge in [-0.3, -0.25) is 0 Å². The van der Waals surface area contributed by atoms with Gasteiger partial charge in [-0.2, -0.15) is 16.1 Å². The van der Waals surface area contributed by atoms with Crippen LogP contribution in [0.1, 0.15) is 39.4 Å². The molecular weight excluding hydrogens is 238 g/mol. The summed E-state index contributed by atoms with van der Waals surface area (Å²) in [5, 5.41) is 4.49. The maximum Gasteiger partial charge on any atom is 0.202 e. The second-order valence-electron chi connectivity index (χ2n) is 5.20. The van der Waals surface area contributed by atoms with E-state index < -0.39 is 0 Å². The number of hydrogen-bond donors (Lipinski definition) is 1. The van der Waals surface area contributed by atoms with Crippen LogP contribution in [0.3, 0.4) is 0 Å². The Bertz CT molecular complexity index is 337. The number of rotatable bonds is 2. The molecule has 0 spiro atoms. The minimum absolute atomic E-state index is 0.0544. The molecule has 90 valence electrons. The summed E-state index contributed by atoms with van der Waals surface area (Å²) in [5.74, 6) is 3.48. The molecule has 1 saturated heterocycles. The fourth-order valence-electron chi connectivity index (χ4n) is 1.60. The van der Waals surface area contributed by atoms with Crippen LogP contribution >= 0.6 is 23.3 Å². The highest BCUT2D eigenvalue weighted by atomic mass is 32.2. The molecule has 1 aliphatic rings. The van der Waals surface area contributed by atoms with Crippen molar-refractivity contribution in [3.8, 4) is 0 Å². The summed E-state index contributed by atoms with van der Waals surface area (Å²) >= 11 is 3.54. The molecule has 1 fully saturated rings. The van der Waals surface area contributed by atoms with Gasteiger partial charge in [-0.15, -0.1) is 0 Å². The third kappa shape index (κ3) is 3.10. The van der Waals surface area contributed by atoms with Crippen LogP contribution in [0.2, 0.25) is 0 Å². The van der Waals surface area contributed by atoms with Crippen LogP contribution in [0.15, 0.2) is 0 Å². The zero-order valence-electron chi connectivity index (χ0n) is 10.1. The maximum atomic E-state index is 4.57. The van der Waals surface area contributed by atoms with Crippen LogP contribution in [0.4, 0.5) is 5.13 Å². The van der Waals surface area contributed by atoms with Crippen LogP contribution in [-0.2, 0) is 5.41 Å². The summed E-state index contributed by atoms with van der Waals surface area (Å²) in [7, 11) is 0. The van der Waals surface area contributed by atoms with Crippen molar-refractivity contribution in [2.75, 3.05) is 16.8 Å². The molecule has 0 atom stereocenters. The summed E-state index contributed by atoms with van der Waals surface area (Å²) in [4.78, 5) is 4.57. The smallest absolute Gasteiger partial charge is 0.202 e. The maximum absolute atomic E-state index is 4.57. The van der Waals surface area contributed by atoms with Gasteiger partial charge in [0.25, 0.3) is 0 Å². The lowest BCUT2D eigenvalue weighted by molar-refractivity contribution is 0.554. The molecule has 1 aromatic heterocycles. The lowest BCUT2D eigenvalue weighted by Crippen LogP contribution is -2.24. The third-order valence-electron chi connectivity index (χ3n) is 2.65. The van der Waals surface area contributed by atoms with Crippen LogP contribution < -0.4 is 5.32 Å². The Hall–Kier alpha value is -0.290. The van der Waals surface area contributed by atoms with E-state index in [0.29, 0.717) is 6.04 Å². The Morgan fingerprint density at radius 2 is 1.94 bits per heavy atom.